The molecule has 0 radical (unpaired) electrons. The number of hydrogen-bond acceptors (Lipinski definition) is 2. The summed E-state index contributed by atoms with van der Waals surface area (Å²) in [4.78, 5) is 24.4. The molecular weight excluding hydrogens is 312 g/mol. The third kappa shape index (κ3) is 4.24. The Labute approximate surface area is 120 Å². The van der Waals surface area contributed by atoms with E-state index in [1.54, 1.807) is 6.07 Å². The van der Waals surface area contributed by atoms with E-state index in [1.165, 1.54) is 11.0 Å². The lowest BCUT2D eigenvalue weighted by atomic mass is 10.3. The molecular formula is C13H17BrN2O3. The summed E-state index contributed by atoms with van der Waals surface area (Å²) in [6, 6.07) is 1.70. The van der Waals surface area contributed by atoms with Crippen LogP contribution in [0.2, 0.25) is 0 Å². The van der Waals surface area contributed by atoms with E-state index in [0.717, 1.165) is 10.9 Å². The smallest absolute Gasteiger partial charge is 0.323 e. The van der Waals surface area contributed by atoms with Crippen LogP contribution in [0, 0.1) is 0 Å². The van der Waals surface area contributed by atoms with Gasteiger partial charge in [0.25, 0.3) is 5.91 Å². The second kappa shape index (κ2) is 7.13. The van der Waals surface area contributed by atoms with E-state index < -0.39 is 5.97 Å². The number of rotatable bonds is 7. The summed E-state index contributed by atoms with van der Waals surface area (Å²) in [7, 11) is 0. The predicted molar refractivity (Wildman–Crippen MR) is 76.2 cm³/mol. The van der Waals surface area contributed by atoms with Crippen molar-refractivity contribution in [3.05, 3.63) is 35.1 Å². The molecule has 1 rings (SSSR count). The molecule has 1 N–H and O–H groups in total. The number of amides is 1. The minimum atomic E-state index is -1.04. The number of aliphatic carboxylic acids is 1. The number of carboxylic acid groups (broad SMARTS) is 1. The van der Waals surface area contributed by atoms with E-state index in [9.17, 15) is 9.59 Å². The van der Waals surface area contributed by atoms with E-state index in [0.29, 0.717) is 12.2 Å². The van der Waals surface area contributed by atoms with E-state index >= 15 is 0 Å². The van der Waals surface area contributed by atoms with Gasteiger partial charge in [-0.05, 0) is 28.4 Å². The second-order valence-corrected chi connectivity index (χ2v) is 5.02. The van der Waals surface area contributed by atoms with Crippen molar-refractivity contribution in [3.63, 3.8) is 0 Å². The summed E-state index contributed by atoms with van der Waals surface area (Å²) in [5.74, 6) is -1.34. The molecule has 1 aromatic rings. The van der Waals surface area contributed by atoms with Crippen LogP contribution in [-0.2, 0) is 11.3 Å². The third-order valence-corrected chi connectivity index (χ3v) is 2.94. The number of carbonyl (C=O) groups is 2. The summed E-state index contributed by atoms with van der Waals surface area (Å²) in [5.41, 5.74) is 0.483. The molecule has 0 aliphatic rings. The molecule has 1 heterocycles. The lowest BCUT2D eigenvalue weighted by Crippen LogP contribution is -2.36. The minimum absolute atomic E-state index is 0.208. The molecule has 19 heavy (non-hydrogen) atoms. The number of nitrogens with zero attached hydrogens (tertiary/aromatic N) is 2. The van der Waals surface area contributed by atoms with Crippen LogP contribution < -0.4 is 0 Å². The molecule has 0 saturated heterocycles. The van der Waals surface area contributed by atoms with Crippen molar-refractivity contribution in [2.24, 2.45) is 0 Å². The quantitative estimate of drug-likeness (QED) is 0.781. The van der Waals surface area contributed by atoms with Crippen LogP contribution in [-0.4, -0.2) is 39.5 Å². The van der Waals surface area contributed by atoms with Crippen molar-refractivity contribution in [3.8, 4) is 0 Å². The molecule has 0 fully saturated rings. The summed E-state index contributed by atoms with van der Waals surface area (Å²) in [6.07, 6.45) is 4.23. The van der Waals surface area contributed by atoms with E-state index in [4.69, 9.17) is 5.11 Å². The Morgan fingerprint density at radius 3 is 2.79 bits per heavy atom. The number of carbonyl (C=O) groups excluding carboxylic acids is 1. The van der Waals surface area contributed by atoms with Crippen LogP contribution in [0.25, 0.3) is 0 Å². The van der Waals surface area contributed by atoms with Gasteiger partial charge in [-0.15, -0.1) is 6.58 Å². The highest BCUT2D eigenvalue weighted by molar-refractivity contribution is 9.10. The number of aromatic nitrogens is 1. The maximum Gasteiger partial charge on any atom is 0.323 e. The Balaban J connectivity index is 3.00. The van der Waals surface area contributed by atoms with Crippen LogP contribution >= 0.6 is 15.9 Å². The molecule has 5 nitrogen and oxygen atoms in total. The highest BCUT2D eigenvalue weighted by Gasteiger charge is 2.21. The molecule has 0 unspecified atom stereocenters. The van der Waals surface area contributed by atoms with Crippen molar-refractivity contribution in [1.29, 1.82) is 0 Å². The molecule has 104 valence electrons. The first-order valence-electron chi connectivity index (χ1n) is 5.97. The monoisotopic (exact) mass is 328 g/mol. The zero-order valence-corrected chi connectivity index (χ0v) is 12.4. The Morgan fingerprint density at radius 1 is 1.58 bits per heavy atom. The van der Waals surface area contributed by atoms with E-state index in [2.05, 4.69) is 22.5 Å². The van der Waals surface area contributed by atoms with Crippen LogP contribution in [0.3, 0.4) is 0 Å². The van der Waals surface area contributed by atoms with Gasteiger partial charge in [0.1, 0.15) is 12.2 Å². The van der Waals surface area contributed by atoms with Crippen molar-refractivity contribution in [2.75, 3.05) is 13.1 Å². The number of aryl methyl sites for hydroxylation is 1. The topological polar surface area (TPSA) is 62.5 Å². The molecule has 0 aliphatic carbocycles. The Kier molecular flexibility index (Phi) is 5.82. The van der Waals surface area contributed by atoms with Crippen molar-refractivity contribution >= 4 is 27.8 Å². The number of hydrogen-bond donors (Lipinski definition) is 1. The van der Waals surface area contributed by atoms with Gasteiger partial charge >= 0.3 is 5.97 Å². The number of carboxylic acids is 1. The number of halogens is 1. The van der Waals surface area contributed by atoms with Crippen LogP contribution in [0.1, 0.15) is 23.8 Å². The predicted octanol–water partition coefficient (Wildman–Crippen LogP) is 2.37. The fraction of sp³-hybridized carbons (Fsp3) is 0.385. The molecule has 1 amide bonds. The van der Waals surface area contributed by atoms with E-state index in [-0.39, 0.29) is 19.0 Å². The van der Waals surface area contributed by atoms with Gasteiger partial charge in [0.2, 0.25) is 0 Å². The fourth-order valence-corrected chi connectivity index (χ4v) is 2.24. The van der Waals surface area contributed by atoms with Gasteiger partial charge in [0.05, 0.1) is 0 Å². The third-order valence-electron chi connectivity index (χ3n) is 2.51. The zero-order chi connectivity index (χ0) is 14.4. The van der Waals surface area contributed by atoms with Gasteiger partial charge in [-0.1, -0.05) is 13.0 Å². The summed E-state index contributed by atoms with van der Waals surface area (Å²) in [6.45, 7) is 6.14. The average Bonchev–Trinajstić information content (AvgIpc) is 2.69. The van der Waals surface area contributed by atoms with Crippen LogP contribution in [0.15, 0.2) is 29.4 Å². The molecule has 0 spiro atoms. The van der Waals surface area contributed by atoms with Crippen LogP contribution in [0.4, 0.5) is 0 Å². The van der Waals surface area contributed by atoms with Crippen molar-refractivity contribution in [1.82, 2.24) is 9.47 Å². The van der Waals surface area contributed by atoms with Crippen LogP contribution in [0.5, 0.6) is 0 Å². The van der Waals surface area contributed by atoms with Gasteiger partial charge in [0.15, 0.2) is 0 Å². The first-order chi connectivity index (χ1) is 8.99. The summed E-state index contributed by atoms with van der Waals surface area (Å²) < 4.78 is 2.63. The Morgan fingerprint density at radius 2 is 2.26 bits per heavy atom. The van der Waals surface area contributed by atoms with Gasteiger partial charge in [-0.2, -0.15) is 0 Å². The molecule has 0 atom stereocenters. The van der Waals surface area contributed by atoms with E-state index in [1.807, 2.05) is 17.7 Å². The zero-order valence-electron chi connectivity index (χ0n) is 10.8. The average molecular weight is 329 g/mol. The normalized spacial score (nSPS) is 10.2. The maximum absolute atomic E-state index is 12.4. The Hall–Kier alpha value is -1.56. The van der Waals surface area contributed by atoms with Crippen molar-refractivity contribution in [2.45, 2.75) is 19.9 Å². The largest absolute Gasteiger partial charge is 0.480 e. The lowest BCUT2D eigenvalue weighted by Gasteiger charge is -2.19. The first-order valence-corrected chi connectivity index (χ1v) is 6.76. The molecule has 0 bridgehead atoms. The van der Waals surface area contributed by atoms with Gasteiger partial charge in [-0.25, -0.2) is 0 Å². The minimum Gasteiger partial charge on any atom is -0.480 e. The highest BCUT2D eigenvalue weighted by atomic mass is 79.9. The SMILES string of the molecule is C=CCN(CC(=O)O)C(=O)c1cc(Br)cn1CCC. The molecule has 1 aromatic heterocycles. The molecule has 0 saturated carbocycles. The van der Waals surface area contributed by atoms with Gasteiger partial charge in [-0.3, -0.25) is 9.59 Å². The van der Waals surface area contributed by atoms with Crippen molar-refractivity contribution < 1.29 is 14.7 Å². The van der Waals surface area contributed by atoms with Gasteiger partial charge < -0.3 is 14.6 Å². The maximum atomic E-state index is 12.4. The molecule has 6 heteroatoms. The fourth-order valence-electron chi connectivity index (χ4n) is 1.78. The first kappa shape index (κ1) is 15.5. The highest BCUT2D eigenvalue weighted by Crippen LogP contribution is 2.17. The Bertz CT molecular complexity index is 482. The van der Waals surface area contributed by atoms with Gasteiger partial charge in [0, 0.05) is 23.8 Å². The summed E-state index contributed by atoms with van der Waals surface area (Å²) in [5, 5.41) is 8.84. The lowest BCUT2D eigenvalue weighted by molar-refractivity contribution is -0.137. The standard InChI is InChI=1S/C13H17BrN2O3/c1-3-5-15-8-10(14)7-11(15)13(19)16(6-4-2)9-12(17)18/h4,7-8H,2-3,5-6,9H2,1H3,(H,17,18). The molecule has 0 aromatic carbocycles. The summed E-state index contributed by atoms with van der Waals surface area (Å²) >= 11 is 3.33. The second-order valence-electron chi connectivity index (χ2n) is 4.11. The molecule has 0 aliphatic heterocycles.